The zero-order chi connectivity index (χ0) is 27.2. The Bertz CT molecular complexity index is 1370. The van der Waals surface area contributed by atoms with Crippen LogP contribution in [0.15, 0.2) is 72.6 Å². The number of hydrogen-bond donors (Lipinski definition) is 1. The number of carbonyl (C=O) groups is 3. The van der Waals surface area contributed by atoms with Crippen molar-refractivity contribution < 1.29 is 33.7 Å². The van der Waals surface area contributed by atoms with Gasteiger partial charge in [0.05, 0.1) is 38.0 Å². The predicted octanol–water partition coefficient (Wildman–Crippen LogP) is 4.29. The molecule has 1 fully saturated rings. The molecule has 9 heteroatoms. The van der Waals surface area contributed by atoms with Crippen molar-refractivity contribution in [2.24, 2.45) is 0 Å². The quantitative estimate of drug-likeness (QED) is 0.194. The number of amides is 1. The van der Waals surface area contributed by atoms with Crippen molar-refractivity contribution in [1.29, 1.82) is 0 Å². The molecule has 2 heterocycles. The van der Waals surface area contributed by atoms with Crippen molar-refractivity contribution in [3.63, 3.8) is 0 Å². The number of aliphatic hydroxyl groups excluding tert-OH is 1. The SMILES string of the molecule is CCCOC(=O)c1ccc(CN2C(=O)C(=O)/C(=C(\O)c3ccc(OC)c(OC)c3)C2c2cccnc2)cc1. The maximum Gasteiger partial charge on any atom is 0.338 e. The van der Waals surface area contributed by atoms with Crippen LogP contribution in [-0.4, -0.2) is 53.5 Å². The lowest BCUT2D eigenvalue weighted by Gasteiger charge is -2.25. The third-order valence-corrected chi connectivity index (χ3v) is 6.18. The Morgan fingerprint density at radius 2 is 1.71 bits per heavy atom. The van der Waals surface area contributed by atoms with Crippen molar-refractivity contribution in [3.05, 3.63) is 94.8 Å². The van der Waals surface area contributed by atoms with Gasteiger partial charge in [0.15, 0.2) is 11.5 Å². The maximum atomic E-state index is 13.3. The molecule has 3 aromatic rings. The highest BCUT2D eigenvalue weighted by Crippen LogP contribution is 2.41. The van der Waals surface area contributed by atoms with Crippen molar-refractivity contribution >= 4 is 23.4 Å². The first-order valence-corrected chi connectivity index (χ1v) is 12.1. The molecule has 9 nitrogen and oxygen atoms in total. The number of likely N-dealkylation sites (tertiary alicyclic amines) is 1. The van der Waals surface area contributed by atoms with Crippen molar-refractivity contribution in [1.82, 2.24) is 9.88 Å². The predicted molar refractivity (Wildman–Crippen MR) is 139 cm³/mol. The second kappa shape index (κ2) is 11.6. The molecule has 2 aromatic carbocycles. The van der Waals surface area contributed by atoms with E-state index in [1.807, 2.05) is 6.92 Å². The van der Waals surface area contributed by atoms with Crippen LogP contribution in [-0.2, 0) is 20.9 Å². The highest BCUT2D eigenvalue weighted by atomic mass is 16.5. The van der Waals surface area contributed by atoms with Gasteiger partial charge >= 0.3 is 5.97 Å². The monoisotopic (exact) mass is 516 g/mol. The summed E-state index contributed by atoms with van der Waals surface area (Å²) in [5.74, 6) is -1.52. The topological polar surface area (TPSA) is 115 Å². The number of benzene rings is 2. The summed E-state index contributed by atoms with van der Waals surface area (Å²) in [4.78, 5) is 44.2. The number of carbonyl (C=O) groups excluding carboxylic acids is 3. The minimum absolute atomic E-state index is 0.0602. The van der Waals surface area contributed by atoms with Crippen LogP contribution in [0.25, 0.3) is 5.76 Å². The van der Waals surface area contributed by atoms with Gasteiger partial charge in [-0.1, -0.05) is 25.1 Å². The molecule has 1 saturated heterocycles. The molecule has 0 spiro atoms. The van der Waals surface area contributed by atoms with E-state index in [1.54, 1.807) is 60.9 Å². The second-order valence-electron chi connectivity index (χ2n) is 8.62. The fraction of sp³-hybridized carbons (Fsp3) is 0.241. The first kappa shape index (κ1) is 26.4. The number of nitrogens with zero attached hydrogens (tertiary/aromatic N) is 2. The normalized spacial score (nSPS) is 16.4. The molecule has 1 atom stereocenters. The molecule has 38 heavy (non-hydrogen) atoms. The minimum Gasteiger partial charge on any atom is -0.507 e. The van der Waals surface area contributed by atoms with Gasteiger partial charge in [0, 0.05) is 24.5 Å². The Kier molecular flexibility index (Phi) is 8.06. The highest BCUT2D eigenvalue weighted by molar-refractivity contribution is 6.46. The van der Waals surface area contributed by atoms with E-state index in [1.165, 1.54) is 25.2 Å². The molecule has 1 aromatic heterocycles. The number of ketones is 1. The van der Waals surface area contributed by atoms with E-state index in [0.717, 1.165) is 6.42 Å². The standard InChI is InChI=1S/C29H28N2O7/c1-4-14-38-29(35)19-9-7-18(8-10-19)17-31-25(21-6-5-13-30-16-21)24(27(33)28(31)34)26(32)20-11-12-22(36-2)23(15-20)37-3/h5-13,15-16,25,32H,4,14,17H2,1-3H3/b26-24-. The first-order valence-electron chi connectivity index (χ1n) is 12.1. The van der Waals surface area contributed by atoms with E-state index in [4.69, 9.17) is 14.2 Å². The number of aliphatic hydroxyl groups is 1. The average Bonchev–Trinajstić information content (AvgIpc) is 3.20. The Hall–Kier alpha value is -4.66. The molecule has 1 aliphatic rings. The number of esters is 1. The lowest BCUT2D eigenvalue weighted by Crippen LogP contribution is -2.29. The largest absolute Gasteiger partial charge is 0.507 e. The molecule has 0 bridgehead atoms. The van der Waals surface area contributed by atoms with Gasteiger partial charge in [0.1, 0.15) is 5.76 Å². The van der Waals surface area contributed by atoms with Crippen LogP contribution < -0.4 is 9.47 Å². The summed E-state index contributed by atoms with van der Waals surface area (Å²) in [5.41, 5.74) is 1.88. The fourth-order valence-electron chi connectivity index (χ4n) is 4.29. The molecular formula is C29H28N2O7. The van der Waals surface area contributed by atoms with Gasteiger partial charge < -0.3 is 24.2 Å². The van der Waals surface area contributed by atoms with Crippen LogP contribution >= 0.6 is 0 Å². The Labute approximate surface area is 220 Å². The summed E-state index contributed by atoms with van der Waals surface area (Å²) in [6, 6.07) is 13.9. The van der Waals surface area contributed by atoms with Crippen LogP contribution in [0.4, 0.5) is 0 Å². The average molecular weight is 517 g/mol. The molecule has 1 N–H and O–H groups in total. The third-order valence-electron chi connectivity index (χ3n) is 6.18. The minimum atomic E-state index is -0.883. The summed E-state index contributed by atoms with van der Waals surface area (Å²) in [6.45, 7) is 2.31. The lowest BCUT2D eigenvalue weighted by atomic mass is 9.96. The van der Waals surface area contributed by atoms with Gasteiger partial charge in [-0.2, -0.15) is 0 Å². The molecule has 0 aliphatic carbocycles. The Balaban J connectivity index is 1.73. The Morgan fingerprint density at radius 1 is 1.00 bits per heavy atom. The number of ether oxygens (including phenoxy) is 3. The van der Waals surface area contributed by atoms with Gasteiger partial charge in [-0.05, 0) is 53.9 Å². The van der Waals surface area contributed by atoms with E-state index in [-0.39, 0.29) is 17.9 Å². The summed E-state index contributed by atoms with van der Waals surface area (Å²) >= 11 is 0. The van der Waals surface area contributed by atoms with Gasteiger partial charge in [-0.25, -0.2) is 4.79 Å². The Morgan fingerprint density at radius 3 is 2.34 bits per heavy atom. The molecular weight excluding hydrogens is 488 g/mol. The maximum absolute atomic E-state index is 13.3. The first-order chi connectivity index (χ1) is 18.4. The molecule has 0 radical (unpaired) electrons. The molecule has 4 rings (SSSR count). The molecule has 1 amide bonds. The van der Waals surface area contributed by atoms with Gasteiger partial charge in [0.2, 0.25) is 0 Å². The highest BCUT2D eigenvalue weighted by Gasteiger charge is 2.46. The summed E-state index contributed by atoms with van der Waals surface area (Å²) in [7, 11) is 2.96. The van der Waals surface area contributed by atoms with Crippen LogP contribution in [0.5, 0.6) is 11.5 Å². The van der Waals surface area contributed by atoms with E-state index >= 15 is 0 Å². The van der Waals surface area contributed by atoms with E-state index in [0.29, 0.717) is 40.4 Å². The van der Waals surface area contributed by atoms with E-state index in [9.17, 15) is 19.5 Å². The van der Waals surface area contributed by atoms with Crippen LogP contribution in [0.3, 0.4) is 0 Å². The summed E-state index contributed by atoms with van der Waals surface area (Å²) in [5, 5.41) is 11.3. The number of Topliss-reactive ketones (excluding diaryl/α,β-unsaturated/α-hetero) is 1. The van der Waals surface area contributed by atoms with Crippen molar-refractivity contribution in [3.8, 4) is 11.5 Å². The molecule has 0 saturated carbocycles. The van der Waals surface area contributed by atoms with E-state index < -0.39 is 23.7 Å². The van der Waals surface area contributed by atoms with Gasteiger partial charge in [-0.15, -0.1) is 0 Å². The molecule has 196 valence electrons. The summed E-state index contributed by atoms with van der Waals surface area (Å²) in [6.07, 6.45) is 3.86. The third kappa shape index (κ3) is 5.22. The van der Waals surface area contributed by atoms with E-state index in [2.05, 4.69) is 4.98 Å². The molecule has 1 unspecified atom stereocenters. The molecule has 1 aliphatic heterocycles. The van der Waals surface area contributed by atoms with Gasteiger partial charge in [0.25, 0.3) is 11.7 Å². The zero-order valence-electron chi connectivity index (χ0n) is 21.3. The van der Waals surface area contributed by atoms with Crippen molar-refractivity contribution in [2.45, 2.75) is 25.9 Å². The number of aromatic nitrogens is 1. The zero-order valence-corrected chi connectivity index (χ0v) is 21.3. The van der Waals surface area contributed by atoms with Crippen molar-refractivity contribution in [2.75, 3.05) is 20.8 Å². The number of hydrogen-bond acceptors (Lipinski definition) is 8. The van der Waals surface area contributed by atoms with Gasteiger partial charge in [-0.3, -0.25) is 14.6 Å². The van der Waals surface area contributed by atoms with Crippen LogP contribution in [0.1, 0.15) is 46.4 Å². The van der Waals surface area contributed by atoms with Crippen LogP contribution in [0, 0.1) is 0 Å². The lowest BCUT2D eigenvalue weighted by molar-refractivity contribution is -0.140. The van der Waals surface area contributed by atoms with Crippen LogP contribution in [0.2, 0.25) is 0 Å². The number of methoxy groups -OCH3 is 2. The second-order valence-corrected chi connectivity index (χ2v) is 8.62. The summed E-state index contributed by atoms with van der Waals surface area (Å²) < 4.78 is 15.8. The number of pyridine rings is 1. The smallest absolute Gasteiger partial charge is 0.338 e. The fourth-order valence-corrected chi connectivity index (χ4v) is 4.29. The number of rotatable bonds is 9.